The van der Waals surface area contributed by atoms with E-state index in [1.54, 1.807) is 7.11 Å². The molecule has 0 aliphatic heterocycles. The Morgan fingerprint density at radius 2 is 2.00 bits per heavy atom. The number of rotatable bonds is 2. The molecule has 0 spiro atoms. The molecule has 2 rings (SSSR count). The maximum Gasteiger partial charge on any atom is 0.152 e. The van der Waals surface area contributed by atoms with Crippen LogP contribution in [-0.2, 0) is 7.05 Å². The average Bonchev–Trinajstić information content (AvgIpc) is 2.54. The van der Waals surface area contributed by atoms with Crippen LogP contribution in [0, 0.1) is 13.8 Å². The first-order valence-corrected chi connectivity index (χ1v) is 5.19. The Kier molecular flexibility index (Phi) is 2.46. The van der Waals surface area contributed by atoms with E-state index < -0.39 is 0 Å². The summed E-state index contributed by atoms with van der Waals surface area (Å²) in [6.07, 6.45) is 0.921. The summed E-state index contributed by atoms with van der Waals surface area (Å²) in [6.45, 7) is 3.96. The minimum Gasteiger partial charge on any atom is -0.495 e. The topological polar surface area (TPSA) is 31.2 Å². The standard InChI is InChI=1S/C13H15NO2/c1-8-5-6-11(16-4)13-12(8)10(7-15)9(2)14(13)3/h5-7H,1-4H3. The summed E-state index contributed by atoms with van der Waals surface area (Å²) in [5.41, 5.74) is 3.82. The second-order valence-electron chi connectivity index (χ2n) is 3.98. The van der Waals surface area contributed by atoms with E-state index in [0.717, 1.165) is 39.8 Å². The van der Waals surface area contributed by atoms with Gasteiger partial charge in [-0.2, -0.15) is 0 Å². The van der Waals surface area contributed by atoms with Gasteiger partial charge in [-0.15, -0.1) is 0 Å². The van der Waals surface area contributed by atoms with Gasteiger partial charge in [0.2, 0.25) is 0 Å². The number of fused-ring (bicyclic) bond motifs is 1. The van der Waals surface area contributed by atoms with E-state index in [4.69, 9.17) is 4.74 Å². The first-order chi connectivity index (χ1) is 7.61. The number of methoxy groups -OCH3 is 1. The maximum absolute atomic E-state index is 11.2. The summed E-state index contributed by atoms with van der Waals surface area (Å²) in [5.74, 6) is 0.805. The first kappa shape index (κ1) is 10.7. The van der Waals surface area contributed by atoms with Crippen molar-refractivity contribution in [3.05, 3.63) is 29.0 Å². The third-order valence-corrected chi connectivity index (χ3v) is 3.18. The molecule has 0 N–H and O–H groups in total. The Hall–Kier alpha value is -1.77. The van der Waals surface area contributed by atoms with Gasteiger partial charge >= 0.3 is 0 Å². The van der Waals surface area contributed by atoms with Crippen LogP contribution >= 0.6 is 0 Å². The Bertz CT molecular complexity index is 567. The number of nitrogens with zero attached hydrogens (tertiary/aromatic N) is 1. The lowest BCUT2D eigenvalue weighted by atomic mass is 10.1. The molecule has 0 radical (unpaired) electrons. The second kappa shape index (κ2) is 3.67. The van der Waals surface area contributed by atoms with Crippen molar-refractivity contribution in [1.29, 1.82) is 0 Å². The zero-order valence-electron chi connectivity index (χ0n) is 10.00. The molecule has 1 aromatic carbocycles. The fraction of sp³-hybridized carbons (Fsp3) is 0.308. The highest BCUT2D eigenvalue weighted by Crippen LogP contribution is 2.33. The van der Waals surface area contributed by atoms with Gasteiger partial charge < -0.3 is 9.30 Å². The number of benzene rings is 1. The van der Waals surface area contributed by atoms with E-state index >= 15 is 0 Å². The number of carbonyl (C=O) groups excluding carboxylic acids is 1. The predicted octanol–water partition coefficient (Wildman–Crippen LogP) is 2.62. The van der Waals surface area contributed by atoms with Crippen LogP contribution in [0.1, 0.15) is 21.6 Å². The lowest BCUT2D eigenvalue weighted by molar-refractivity contribution is 0.112. The van der Waals surface area contributed by atoms with Gasteiger partial charge in [0.05, 0.1) is 12.6 Å². The molecule has 0 amide bonds. The van der Waals surface area contributed by atoms with Crippen molar-refractivity contribution in [2.24, 2.45) is 7.05 Å². The minimum absolute atomic E-state index is 0.758. The molecule has 0 unspecified atom stereocenters. The van der Waals surface area contributed by atoms with Gasteiger partial charge in [0.25, 0.3) is 0 Å². The molecular formula is C13H15NO2. The quantitative estimate of drug-likeness (QED) is 0.724. The van der Waals surface area contributed by atoms with E-state index in [2.05, 4.69) is 0 Å². The van der Waals surface area contributed by atoms with Crippen LogP contribution in [0.2, 0.25) is 0 Å². The van der Waals surface area contributed by atoms with Gasteiger partial charge in [0.15, 0.2) is 6.29 Å². The number of ether oxygens (including phenoxy) is 1. The van der Waals surface area contributed by atoms with E-state index in [-0.39, 0.29) is 0 Å². The van der Waals surface area contributed by atoms with Crippen LogP contribution < -0.4 is 4.74 Å². The third kappa shape index (κ3) is 1.24. The van der Waals surface area contributed by atoms with Crippen LogP contribution in [-0.4, -0.2) is 18.0 Å². The lowest BCUT2D eigenvalue weighted by Crippen LogP contribution is -1.94. The van der Waals surface area contributed by atoms with Gasteiger partial charge in [-0.25, -0.2) is 0 Å². The molecule has 2 aromatic rings. The number of hydrogen-bond acceptors (Lipinski definition) is 2. The van der Waals surface area contributed by atoms with Crippen molar-refractivity contribution in [2.45, 2.75) is 13.8 Å². The van der Waals surface area contributed by atoms with Crippen LogP contribution in [0.5, 0.6) is 5.75 Å². The molecule has 1 aromatic heterocycles. The number of carbonyl (C=O) groups is 1. The monoisotopic (exact) mass is 217 g/mol. The second-order valence-corrected chi connectivity index (χ2v) is 3.98. The van der Waals surface area contributed by atoms with Gasteiger partial charge in [0.1, 0.15) is 5.75 Å². The van der Waals surface area contributed by atoms with Crippen molar-refractivity contribution >= 4 is 17.2 Å². The summed E-state index contributed by atoms with van der Waals surface area (Å²) in [4.78, 5) is 11.2. The Balaban J connectivity index is 3.03. The van der Waals surface area contributed by atoms with E-state index in [1.807, 2.05) is 37.6 Å². The number of aromatic nitrogens is 1. The number of aryl methyl sites for hydroxylation is 2. The van der Waals surface area contributed by atoms with Crippen LogP contribution in [0.25, 0.3) is 10.9 Å². The SMILES string of the molecule is COc1ccc(C)c2c(C=O)c(C)n(C)c12. The van der Waals surface area contributed by atoms with Crippen LogP contribution in [0.3, 0.4) is 0 Å². The summed E-state index contributed by atoms with van der Waals surface area (Å²) in [5, 5.41) is 0.995. The lowest BCUT2D eigenvalue weighted by Gasteiger charge is -2.06. The highest BCUT2D eigenvalue weighted by Gasteiger charge is 2.16. The number of hydrogen-bond donors (Lipinski definition) is 0. The van der Waals surface area contributed by atoms with Crippen molar-refractivity contribution in [1.82, 2.24) is 4.57 Å². The molecular weight excluding hydrogens is 202 g/mol. The van der Waals surface area contributed by atoms with E-state index in [9.17, 15) is 4.79 Å². The zero-order valence-corrected chi connectivity index (χ0v) is 10.00. The molecule has 0 saturated carbocycles. The maximum atomic E-state index is 11.2. The molecule has 0 bridgehead atoms. The molecule has 3 nitrogen and oxygen atoms in total. The van der Waals surface area contributed by atoms with Gasteiger partial charge in [0, 0.05) is 23.7 Å². The molecule has 0 aliphatic carbocycles. The van der Waals surface area contributed by atoms with Crippen LogP contribution in [0.15, 0.2) is 12.1 Å². The van der Waals surface area contributed by atoms with Crippen molar-refractivity contribution in [3.8, 4) is 5.75 Å². The molecule has 0 aliphatic rings. The van der Waals surface area contributed by atoms with Gasteiger partial charge in [-0.05, 0) is 25.5 Å². The smallest absolute Gasteiger partial charge is 0.152 e. The highest BCUT2D eigenvalue weighted by atomic mass is 16.5. The largest absolute Gasteiger partial charge is 0.495 e. The van der Waals surface area contributed by atoms with Gasteiger partial charge in [-0.3, -0.25) is 4.79 Å². The van der Waals surface area contributed by atoms with Crippen molar-refractivity contribution < 1.29 is 9.53 Å². The van der Waals surface area contributed by atoms with Crippen molar-refractivity contribution in [2.75, 3.05) is 7.11 Å². The summed E-state index contributed by atoms with van der Waals surface area (Å²) >= 11 is 0. The molecule has 16 heavy (non-hydrogen) atoms. The molecule has 3 heteroatoms. The fourth-order valence-corrected chi connectivity index (χ4v) is 2.18. The van der Waals surface area contributed by atoms with E-state index in [1.165, 1.54) is 0 Å². The Morgan fingerprint density at radius 3 is 2.56 bits per heavy atom. The molecule has 0 saturated heterocycles. The van der Waals surface area contributed by atoms with Crippen LogP contribution in [0.4, 0.5) is 0 Å². The van der Waals surface area contributed by atoms with Gasteiger partial charge in [-0.1, -0.05) is 6.07 Å². The van der Waals surface area contributed by atoms with Crippen molar-refractivity contribution in [3.63, 3.8) is 0 Å². The average molecular weight is 217 g/mol. The summed E-state index contributed by atoms with van der Waals surface area (Å²) in [7, 11) is 3.60. The molecule has 0 fully saturated rings. The molecule has 1 heterocycles. The molecule has 84 valence electrons. The summed E-state index contributed by atoms with van der Waals surface area (Å²) in [6, 6.07) is 3.92. The minimum atomic E-state index is 0.758. The first-order valence-electron chi connectivity index (χ1n) is 5.19. The highest BCUT2D eigenvalue weighted by molar-refractivity contribution is 6.03. The Morgan fingerprint density at radius 1 is 1.31 bits per heavy atom. The Labute approximate surface area is 94.6 Å². The predicted molar refractivity (Wildman–Crippen MR) is 64.3 cm³/mol. The molecule has 0 atom stereocenters. The fourth-order valence-electron chi connectivity index (χ4n) is 2.18. The van der Waals surface area contributed by atoms with E-state index in [0.29, 0.717) is 0 Å². The third-order valence-electron chi connectivity index (χ3n) is 3.18. The summed E-state index contributed by atoms with van der Waals surface area (Å²) < 4.78 is 7.34. The number of aldehydes is 1. The zero-order chi connectivity index (χ0) is 11.9. The normalized spacial score (nSPS) is 10.8.